The van der Waals surface area contributed by atoms with E-state index in [2.05, 4.69) is 10.6 Å². The van der Waals surface area contributed by atoms with Gasteiger partial charge >= 0.3 is 0 Å². The molecule has 132 valence electrons. The fourth-order valence-electron chi connectivity index (χ4n) is 2.14. The van der Waals surface area contributed by atoms with E-state index in [-0.39, 0.29) is 36.4 Å². The van der Waals surface area contributed by atoms with Gasteiger partial charge in [0.25, 0.3) is 0 Å². The van der Waals surface area contributed by atoms with Crippen LogP contribution >= 0.6 is 12.4 Å². The largest absolute Gasteiger partial charge is 0.493 e. The third-order valence-corrected chi connectivity index (χ3v) is 3.37. The van der Waals surface area contributed by atoms with Crippen molar-refractivity contribution in [2.75, 3.05) is 20.7 Å². The molecule has 0 radical (unpaired) electrons. The smallest absolute Gasteiger partial charge is 0.224 e. The van der Waals surface area contributed by atoms with Gasteiger partial charge in [0.1, 0.15) is 0 Å². The van der Waals surface area contributed by atoms with E-state index >= 15 is 0 Å². The monoisotopic (exact) mass is 344 g/mol. The van der Waals surface area contributed by atoms with E-state index in [1.807, 2.05) is 52.9 Å². The Balaban J connectivity index is 0.00000484. The molecule has 0 aliphatic rings. The van der Waals surface area contributed by atoms with Gasteiger partial charge in [-0.2, -0.15) is 0 Å². The lowest BCUT2D eigenvalue weighted by molar-refractivity contribution is -0.125. The molecule has 6 heteroatoms. The van der Waals surface area contributed by atoms with Crippen LogP contribution in [-0.4, -0.2) is 32.7 Å². The second-order valence-corrected chi connectivity index (χ2v) is 5.77. The molecule has 0 aliphatic heterocycles. The molecule has 2 atom stereocenters. The first-order valence-corrected chi connectivity index (χ1v) is 7.68. The van der Waals surface area contributed by atoms with E-state index in [0.717, 1.165) is 5.56 Å². The number of halogens is 1. The minimum Gasteiger partial charge on any atom is -0.493 e. The Morgan fingerprint density at radius 1 is 1.17 bits per heavy atom. The van der Waals surface area contributed by atoms with E-state index in [1.165, 1.54) is 0 Å². The van der Waals surface area contributed by atoms with Crippen LogP contribution in [0.1, 0.15) is 39.3 Å². The molecule has 0 spiro atoms. The average Bonchev–Trinajstić information content (AvgIpc) is 2.47. The fraction of sp³-hybridized carbons (Fsp3) is 0.588. The van der Waals surface area contributed by atoms with E-state index in [9.17, 15) is 4.79 Å². The summed E-state index contributed by atoms with van der Waals surface area (Å²) in [6, 6.07) is 5.65. The Hall–Kier alpha value is -1.46. The zero-order valence-corrected chi connectivity index (χ0v) is 15.6. The van der Waals surface area contributed by atoms with E-state index < -0.39 is 0 Å². The molecule has 0 heterocycles. The quantitative estimate of drug-likeness (QED) is 0.761. The van der Waals surface area contributed by atoms with Crippen LogP contribution in [0.15, 0.2) is 18.2 Å². The van der Waals surface area contributed by atoms with Gasteiger partial charge in [-0.3, -0.25) is 4.79 Å². The number of carbonyl (C=O) groups excluding carboxylic acids is 1. The molecule has 0 aliphatic carbocycles. The zero-order chi connectivity index (χ0) is 16.7. The Labute approximate surface area is 145 Å². The Bertz CT molecular complexity index is 495. The van der Waals surface area contributed by atoms with Gasteiger partial charge < -0.3 is 20.1 Å². The van der Waals surface area contributed by atoms with Crippen LogP contribution in [0.2, 0.25) is 0 Å². The molecule has 0 aromatic heterocycles. The van der Waals surface area contributed by atoms with Gasteiger partial charge in [0, 0.05) is 12.5 Å². The first kappa shape index (κ1) is 21.5. The predicted molar refractivity (Wildman–Crippen MR) is 95.7 cm³/mol. The van der Waals surface area contributed by atoms with Crippen LogP contribution in [0.25, 0.3) is 0 Å². The summed E-state index contributed by atoms with van der Waals surface area (Å²) in [7, 11) is 3.45. The fourth-order valence-corrected chi connectivity index (χ4v) is 2.14. The van der Waals surface area contributed by atoms with Gasteiger partial charge in [-0.05, 0) is 45.5 Å². The third kappa shape index (κ3) is 6.67. The minimum absolute atomic E-state index is 0. The highest BCUT2D eigenvalue weighted by atomic mass is 35.5. The third-order valence-electron chi connectivity index (χ3n) is 3.37. The summed E-state index contributed by atoms with van der Waals surface area (Å²) in [5.41, 5.74) is 0.984. The molecular formula is C17H29ClN2O3. The van der Waals surface area contributed by atoms with Crippen molar-refractivity contribution in [3.05, 3.63) is 23.8 Å². The van der Waals surface area contributed by atoms with Crippen molar-refractivity contribution in [2.45, 2.75) is 39.8 Å². The Morgan fingerprint density at radius 2 is 1.83 bits per heavy atom. The second-order valence-electron chi connectivity index (χ2n) is 5.77. The average molecular weight is 345 g/mol. The van der Waals surface area contributed by atoms with Crippen LogP contribution in [0, 0.1) is 5.92 Å². The molecule has 1 rings (SSSR count). The number of nitrogens with one attached hydrogen (secondary N) is 2. The number of carbonyl (C=O) groups is 1. The summed E-state index contributed by atoms with van der Waals surface area (Å²) < 4.78 is 11.1. The maximum absolute atomic E-state index is 12.1. The SMILES string of the molecule is CNCC(C)C(=O)NC(C)c1ccc(OC(C)C)c(OC)c1.Cl. The summed E-state index contributed by atoms with van der Waals surface area (Å²) in [5, 5.41) is 6.02. The highest BCUT2D eigenvalue weighted by Crippen LogP contribution is 2.31. The summed E-state index contributed by atoms with van der Waals surface area (Å²) >= 11 is 0. The molecule has 0 saturated carbocycles. The molecule has 2 N–H and O–H groups in total. The summed E-state index contributed by atoms with van der Waals surface area (Å²) in [4.78, 5) is 12.1. The highest BCUT2D eigenvalue weighted by molar-refractivity contribution is 5.85. The van der Waals surface area contributed by atoms with E-state index in [0.29, 0.717) is 18.0 Å². The standard InChI is InChI=1S/C17H28N2O3.ClH/c1-11(2)22-15-8-7-14(9-16(15)21-6)13(4)19-17(20)12(3)10-18-5;/h7-9,11-13,18H,10H2,1-6H3,(H,19,20);1H. The molecule has 0 bridgehead atoms. The maximum atomic E-state index is 12.1. The number of hydrogen-bond acceptors (Lipinski definition) is 4. The summed E-state index contributed by atoms with van der Waals surface area (Å²) in [6.45, 7) is 8.46. The lowest BCUT2D eigenvalue weighted by Crippen LogP contribution is -2.35. The molecular weight excluding hydrogens is 316 g/mol. The van der Waals surface area contributed by atoms with Crippen molar-refractivity contribution in [3.8, 4) is 11.5 Å². The number of benzene rings is 1. The van der Waals surface area contributed by atoms with E-state index in [4.69, 9.17) is 9.47 Å². The molecule has 2 unspecified atom stereocenters. The van der Waals surface area contributed by atoms with Crippen LogP contribution in [0.5, 0.6) is 11.5 Å². The van der Waals surface area contributed by atoms with Crippen molar-refractivity contribution < 1.29 is 14.3 Å². The predicted octanol–water partition coefficient (Wildman–Crippen LogP) is 2.94. The van der Waals surface area contributed by atoms with Crippen LogP contribution in [-0.2, 0) is 4.79 Å². The number of methoxy groups -OCH3 is 1. The molecule has 1 aromatic carbocycles. The Kier molecular flexibility index (Phi) is 9.68. The van der Waals surface area contributed by atoms with Crippen molar-refractivity contribution in [2.24, 2.45) is 5.92 Å². The summed E-state index contributed by atoms with van der Waals surface area (Å²) in [6.07, 6.45) is 0.0827. The summed E-state index contributed by atoms with van der Waals surface area (Å²) in [5.74, 6) is 1.35. The number of hydrogen-bond donors (Lipinski definition) is 2. The molecule has 23 heavy (non-hydrogen) atoms. The van der Waals surface area contributed by atoms with Gasteiger partial charge in [0.2, 0.25) is 5.91 Å². The highest BCUT2D eigenvalue weighted by Gasteiger charge is 2.17. The van der Waals surface area contributed by atoms with Crippen LogP contribution in [0.3, 0.4) is 0 Å². The molecule has 1 aromatic rings. The van der Waals surface area contributed by atoms with Crippen LogP contribution < -0.4 is 20.1 Å². The maximum Gasteiger partial charge on any atom is 0.224 e. The zero-order valence-electron chi connectivity index (χ0n) is 14.8. The van der Waals surface area contributed by atoms with Gasteiger partial charge in [-0.1, -0.05) is 13.0 Å². The first-order chi connectivity index (χ1) is 10.4. The second kappa shape index (κ2) is 10.3. The molecule has 5 nitrogen and oxygen atoms in total. The normalized spacial score (nSPS) is 13.0. The van der Waals surface area contributed by atoms with Gasteiger partial charge in [-0.15, -0.1) is 12.4 Å². The lowest BCUT2D eigenvalue weighted by atomic mass is 10.1. The molecule has 0 fully saturated rings. The van der Waals surface area contributed by atoms with E-state index in [1.54, 1.807) is 7.11 Å². The van der Waals surface area contributed by atoms with Crippen molar-refractivity contribution in [1.82, 2.24) is 10.6 Å². The number of amides is 1. The van der Waals surface area contributed by atoms with Crippen molar-refractivity contribution >= 4 is 18.3 Å². The van der Waals surface area contributed by atoms with Gasteiger partial charge in [-0.25, -0.2) is 0 Å². The molecule has 1 amide bonds. The number of rotatable bonds is 8. The Morgan fingerprint density at radius 3 is 2.35 bits per heavy atom. The minimum atomic E-state index is -0.0891. The lowest BCUT2D eigenvalue weighted by Gasteiger charge is -2.20. The van der Waals surface area contributed by atoms with Gasteiger partial charge in [0.15, 0.2) is 11.5 Å². The topological polar surface area (TPSA) is 59.6 Å². The first-order valence-electron chi connectivity index (χ1n) is 7.68. The van der Waals surface area contributed by atoms with Crippen LogP contribution in [0.4, 0.5) is 0 Å². The van der Waals surface area contributed by atoms with Crippen molar-refractivity contribution in [1.29, 1.82) is 0 Å². The van der Waals surface area contributed by atoms with Crippen molar-refractivity contribution in [3.63, 3.8) is 0 Å². The molecule has 0 saturated heterocycles. The van der Waals surface area contributed by atoms with Gasteiger partial charge in [0.05, 0.1) is 19.3 Å². The number of ether oxygens (including phenoxy) is 2.